The zero-order chi connectivity index (χ0) is 23.7. The molecule has 0 saturated heterocycles. The summed E-state index contributed by atoms with van der Waals surface area (Å²) < 4.78 is 6.31. The third kappa shape index (κ3) is 4.78. The average Bonchev–Trinajstić information content (AvgIpc) is 3.34. The predicted molar refractivity (Wildman–Crippen MR) is 127 cm³/mol. The van der Waals surface area contributed by atoms with E-state index in [0.717, 1.165) is 32.2 Å². The molecule has 5 atom stereocenters. The van der Waals surface area contributed by atoms with Crippen molar-refractivity contribution in [1.82, 2.24) is 19.9 Å². The van der Waals surface area contributed by atoms with Gasteiger partial charge in [-0.3, -0.25) is 4.98 Å². The Labute approximate surface area is 196 Å². The third-order valence-corrected chi connectivity index (χ3v) is 7.14. The summed E-state index contributed by atoms with van der Waals surface area (Å²) in [6.45, 7) is 6.08. The standard InChI is InChI=1S/C22H30N6O4S/c1-10(32-4)8-24-22-25-11(2)16(21-27-17-12(3)23-6-5-15(17)33-21)20(28-22)26-14-7-13(9-29)18(30)19(14)31/h5-6,10,13-14,18-19,29-31H,7-9H2,1-4H3,(H2,24,25,26,28)/t10-,13-,14?,18-,19+/m1/s1. The highest BCUT2D eigenvalue weighted by Crippen LogP contribution is 2.38. The quantitative estimate of drug-likeness (QED) is 0.327. The second-order valence-electron chi connectivity index (χ2n) is 8.46. The summed E-state index contributed by atoms with van der Waals surface area (Å²) in [5.74, 6) is 0.531. The number of ether oxygens (including phenoxy) is 1. The number of thiazole rings is 1. The van der Waals surface area contributed by atoms with Gasteiger partial charge in [0.15, 0.2) is 0 Å². The van der Waals surface area contributed by atoms with E-state index in [1.807, 2.05) is 26.8 Å². The number of aliphatic hydroxyl groups excluding tert-OH is 3. The number of hydrogen-bond acceptors (Lipinski definition) is 11. The largest absolute Gasteiger partial charge is 0.396 e. The van der Waals surface area contributed by atoms with Crippen molar-refractivity contribution in [3.05, 3.63) is 23.7 Å². The van der Waals surface area contributed by atoms with Crippen LogP contribution in [-0.4, -0.2) is 79.9 Å². The van der Waals surface area contributed by atoms with Crippen LogP contribution >= 0.6 is 11.3 Å². The van der Waals surface area contributed by atoms with Crippen LogP contribution in [0.4, 0.5) is 11.8 Å². The van der Waals surface area contributed by atoms with Crippen LogP contribution in [-0.2, 0) is 4.74 Å². The van der Waals surface area contributed by atoms with Gasteiger partial charge in [-0.1, -0.05) is 0 Å². The van der Waals surface area contributed by atoms with E-state index in [9.17, 15) is 15.3 Å². The lowest BCUT2D eigenvalue weighted by Gasteiger charge is -2.21. The lowest BCUT2D eigenvalue weighted by atomic mass is 10.1. The van der Waals surface area contributed by atoms with Gasteiger partial charge in [0.05, 0.1) is 39.9 Å². The number of hydrogen-bond donors (Lipinski definition) is 5. The van der Waals surface area contributed by atoms with Gasteiger partial charge in [0, 0.05) is 32.4 Å². The van der Waals surface area contributed by atoms with Crippen molar-refractivity contribution in [2.45, 2.75) is 51.5 Å². The minimum Gasteiger partial charge on any atom is -0.396 e. The first-order chi connectivity index (χ1) is 15.8. The van der Waals surface area contributed by atoms with Crippen LogP contribution in [0.15, 0.2) is 12.3 Å². The van der Waals surface area contributed by atoms with Crippen LogP contribution in [0.1, 0.15) is 24.7 Å². The molecule has 0 aromatic carbocycles. The van der Waals surface area contributed by atoms with Gasteiger partial charge in [-0.2, -0.15) is 4.98 Å². The number of anilines is 2. The Morgan fingerprint density at radius 1 is 1.18 bits per heavy atom. The molecule has 0 radical (unpaired) electrons. The summed E-state index contributed by atoms with van der Waals surface area (Å²) in [4.78, 5) is 18.5. The molecule has 178 valence electrons. The first-order valence-corrected chi connectivity index (χ1v) is 11.7. The minimum absolute atomic E-state index is 0.0261. The molecule has 0 amide bonds. The molecule has 0 aliphatic heterocycles. The molecular formula is C22H30N6O4S. The second kappa shape index (κ2) is 9.82. The van der Waals surface area contributed by atoms with Crippen LogP contribution in [0, 0.1) is 19.8 Å². The Balaban J connectivity index is 1.75. The van der Waals surface area contributed by atoms with Crippen molar-refractivity contribution in [3.8, 4) is 10.6 Å². The van der Waals surface area contributed by atoms with E-state index in [2.05, 4.69) is 25.6 Å². The minimum atomic E-state index is -1.03. The molecule has 3 aromatic rings. The van der Waals surface area contributed by atoms with Gasteiger partial charge in [-0.25, -0.2) is 9.97 Å². The van der Waals surface area contributed by atoms with Gasteiger partial charge < -0.3 is 30.7 Å². The number of pyridine rings is 1. The van der Waals surface area contributed by atoms with Crippen molar-refractivity contribution < 1.29 is 20.1 Å². The molecule has 3 heterocycles. The summed E-state index contributed by atoms with van der Waals surface area (Å²) in [6, 6.07) is 1.45. The first-order valence-electron chi connectivity index (χ1n) is 10.9. The molecular weight excluding hydrogens is 444 g/mol. The van der Waals surface area contributed by atoms with Crippen molar-refractivity contribution in [1.29, 1.82) is 0 Å². The molecule has 1 aliphatic carbocycles. The zero-order valence-corrected chi connectivity index (χ0v) is 19.9. The Hall–Kier alpha value is -2.44. The van der Waals surface area contributed by atoms with Crippen LogP contribution < -0.4 is 10.6 Å². The number of fused-ring (bicyclic) bond motifs is 1. The molecule has 1 saturated carbocycles. The molecule has 0 bridgehead atoms. The van der Waals surface area contributed by atoms with Crippen LogP contribution in [0.25, 0.3) is 20.8 Å². The maximum atomic E-state index is 10.6. The molecule has 1 aliphatic rings. The van der Waals surface area contributed by atoms with Gasteiger partial charge >= 0.3 is 0 Å². The Kier molecular flexibility index (Phi) is 7.05. The molecule has 1 fully saturated rings. The first kappa shape index (κ1) is 23.7. The maximum absolute atomic E-state index is 10.6. The average molecular weight is 475 g/mol. The summed E-state index contributed by atoms with van der Waals surface area (Å²) in [7, 11) is 1.64. The van der Waals surface area contributed by atoms with Crippen molar-refractivity contribution in [2.24, 2.45) is 5.92 Å². The number of aliphatic hydroxyl groups is 3. The number of aryl methyl sites for hydroxylation is 2. The van der Waals surface area contributed by atoms with Crippen molar-refractivity contribution >= 4 is 33.3 Å². The van der Waals surface area contributed by atoms with E-state index in [-0.39, 0.29) is 12.7 Å². The number of methoxy groups -OCH3 is 1. The summed E-state index contributed by atoms with van der Waals surface area (Å²) >= 11 is 1.52. The highest BCUT2D eigenvalue weighted by Gasteiger charge is 2.41. The Morgan fingerprint density at radius 3 is 2.64 bits per heavy atom. The second-order valence-corrected chi connectivity index (χ2v) is 9.49. The fourth-order valence-electron chi connectivity index (χ4n) is 4.04. The molecule has 4 rings (SSSR count). The molecule has 0 spiro atoms. The lowest BCUT2D eigenvalue weighted by molar-refractivity contribution is 0.00446. The van der Waals surface area contributed by atoms with E-state index in [1.54, 1.807) is 13.3 Å². The SMILES string of the molecule is CO[C@H](C)CNc1nc(C)c(-c2nc3c(C)nccc3s2)c(NC2C[C@H](CO)[C@@H](O)[C@H]2O)n1. The van der Waals surface area contributed by atoms with E-state index < -0.39 is 24.2 Å². The summed E-state index contributed by atoms with van der Waals surface area (Å²) in [5, 5.41) is 37.6. The molecule has 3 aromatic heterocycles. The molecule has 10 nitrogen and oxygen atoms in total. The van der Waals surface area contributed by atoms with Gasteiger partial charge in [0.1, 0.15) is 22.4 Å². The molecule has 33 heavy (non-hydrogen) atoms. The van der Waals surface area contributed by atoms with Crippen LogP contribution in [0.2, 0.25) is 0 Å². The summed E-state index contributed by atoms with van der Waals surface area (Å²) in [5.41, 5.74) is 3.12. The van der Waals surface area contributed by atoms with E-state index in [4.69, 9.17) is 9.72 Å². The van der Waals surface area contributed by atoms with E-state index in [1.165, 1.54) is 11.3 Å². The molecule has 5 N–H and O–H groups in total. The lowest BCUT2D eigenvalue weighted by Crippen LogP contribution is -2.35. The maximum Gasteiger partial charge on any atom is 0.224 e. The fourth-order valence-corrected chi connectivity index (χ4v) is 5.15. The highest BCUT2D eigenvalue weighted by molar-refractivity contribution is 7.21. The third-order valence-electron chi connectivity index (χ3n) is 6.10. The van der Waals surface area contributed by atoms with Gasteiger partial charge in [-0.05, 0) is 33.3 Å². The number of nitrogens with one attached hydrogen (secondary N) is 2. The van der Waals surface area contributed by atoms with Gasteiger partial charge in [-0.15, -0.1) is 11.3 Å². The van der Waals surface area contributed by atoms with Gasteiger partial charge in [0.2, 0.25) is 5.95 Å². The van der Waals surface area contributed by atoms with Crippen molar-refractivity contribution in [3.63, 3.8) is 0 Å². The normalized spacial score (nSPS) is 23.7. The topological polar surface area (TPSA) is 146 Å². The predicted octanol–water partition coefficient (Wildman–Crippen LogP) is 1.73. The monoisotopic (exact) mass is 474 g/mol. The fraction of sp³-hybridized carbons (Fsp3) is 0.545. The van der Waals surface area contributed by atoms with E-state index >= 15 is 0 Å². The van der Waals surface area contributed by atoms with Crippen LogP contribution in [0.5, 0.6) is 0 Å². The smallest absolute Gasteiger partial charge is 0.224 e. The Bertz CT molecular complexity index is 1130. The van der Waals surface area contributed by atoms with Gasteiger partial charge in [0.25, 0.3) is 0 Å². The van der Waals surface area contributed by atoms with Crippen LogP contribution in [0.3, 0.4) is 0 Å². The van der Waals surface area contributed by atoms with Crippen molar-refractivity contribution in [2.75, 3.05) is 30.9 Å². The number of rotatable bonds is 8. The molecule has 1 unspecified atom stereocenters. The number of aromatic nitrogens is 4. The number of nitrogens with zero attached hydrogens (tertiary/aromatic N) is 4. The highest BCUT2D eigenvalue weighted by atomic mass is 32.1. The zero-order valence-electron chi connectivity index (χ0n) is 19.1. The summed E-state index contributed by atoms with van der Waals surface area (Å²) in [6.07, 6.45) is 0.111. The Morgan fingerprint density at radius 2 is 1.97 bits per heavy atom. The molecule has 11 heteroatoms. The van der Waals surface area contributed by atoms with E-state index in [0.29, 0.717) is 24.7 Å².